The van der Waals surface area contributed by atoms with Gasteiger partial charge in [0.15, 0.2) is 0 Å². The Bertz CT molecular complexity index is 547. The lowest BCUT2D eigenvalue weighted by Gasteiger charge is -2.11. The molecule has 2 heterocycles. The second-order valence-corrected chi connectivity index (χ2v) is 4.20. The monoisotopic (exact) mass is 294 g/mol. The Morgan fingerprint density at radius 3 is 2.81 bits per heavy atom. The van der Waals surface area contributed by atoms with Crippen molar-refractivity contribution >= 4 is 11.9 Å². The first-order chi connectivity index (χ1) is 10.2. The van der Waals surface area contributed by atoms with Gasteiger partial charge in [-0.3, -0.25) is 0 Å². The Morgan fingerprint density at radius 1 is 1.33 bits per heavy atom. The van der Waals surface area contributed by atoms with Gasteiger partial charge in [0.05, 0.1) is 12.7 Å². The van der Waals surface area contributed by atoms with E-state index in [1.807, 2.05) is 0 Å². The average molecular weight is 294 g/mol. The Morgan fingerprint density at radius 2 is 2.14 bits per heavy atom. The summed E-state index contributed by atoms with van der Waals surface area (Å²) < 4.78 is 6.30. The molecule has 3 N–H and O–H groups in total. The zero-order valence-corrected chi connectivity index (χ0v) is 11.9. The molecule has 2 rings (SSSR count). The van der Waals surface area contributed by atoms with Gasteiger partial charge in [-0.1, -0.05) is 0 Å². The fourth-order valence-electron chi connectivity index (χ4n) is 1.60. The molecule has 10 nitrogen and oxygen atoms in total. The minimum Gasteiger partial charge on any atom is -0.391 e. The SMILES string of the molecule is CNc1nc(NCCC(O)COC)nc(-n2cncn2)n1. The van der Waals surface area contributed by atoms with Crippen molar-refractivity contribution in [1.82, 2.24) is 29.7 Å². The van der Waals surface area contributed by atoms with Gasteiger partial charge in [0.25, 0.3) is 5.95 Å². The van der Waals surface area contributed by atoms with Crippen LogP contribution in [0.2, 0.25) is 0 Å². The minimum absolute atomic E-state index is 0.296. The zero-order valence-electron chi connectivity index (χ0n) is 11.9. The van der Waals surface area contributed by atoms with Crippen molar-refractivity contribution in [3.63, 3.8) is 0 Å². The summed E-state index contributed by atoms with van der Waals surface area (Å²) in [6.45, 7) is 0.805. The highest BCUT2D eigenvalue weighted by atomic mass is 16.5. The topological polar surface area (TPSA) is 123 Å². The smallest absolute Gasteiger partial charge is 0.258 e. The second kappa shape index (κ2) is 7.45. The highest BCUT2D eigenvalue weighted by Crippen LogP contribution is 2.08. The van der Waals surface area contributed by atoms with Gasteiger partial charge in [0.2, 0.25) is 11.9 Å². The maximum absolute atomic E-state index is 9.58. The first-order valence-corrected chi connectivity index (χ1v) is 6.42. The van der Waals surface area contributed by atoms with Crippen LogP contribution in [-0.4, -0.2) is 68.2 Å². The summed E-state index contributed by atoms with van der Waals surface area (Å²) in [6, 6.07) is 0. The van der Waals surface area contributed by atoms with E-state index in [2.05, 4.69) is 35.7 Å². The van der Waals surface area contributed by atoms with Crippen LogP contribution in [0, 0.1) is 0 Å². The van der Waals surface area contributed by atoms with Gasteiger partial charge < -0.3 is 20.5 Å². The molecule has 0 saturated heterocycles. The van der Waals surface area contributed by atoms with Gasteiger partial charge in [-0.15, -0.1) is 0 Å². The molecule has 21 heavy (non-hydrogen) atoms. The summed E-state index contributed by atoms with van der Waals surface area (Å²) in [5.41, 5.74) is 0. The Labute approximate surface area is 121 Å². The third-order valence-electron chi connectivity index (χ3n) is 2.59. The van der Waals surface area contributed by atoms with Crippen molar-refractivity contribution in [2.24, 2.45) is 0 Å². The highest BCUT2D eigenvalue weighted by Gasteiger charge is 2.09. The standard InChI is InChI=1S/C11H18N8O2/c1-12-9-16-10(14-4-3-8(20)5-21-2)18-11(17-9)19-7-13-6-15-19/h6-8,20H,3-5H2,1-2H3,(H2,12,14,16,17,18). The number of hydrogen-bond acceptors (Lipinski definition) is 9. The van der Waals surface area contributed by atoms with E-state index in [1.165, 1.54) is 17.3 Å². The molecule has 10 heteroatoms. The van der Waals surface area contributed by atoms with Crippen LogP contribution >= 0.6 is 0 Å². The van der Waals surface area contributed by atoms with Crippen molar-refractivity contribution in [2.75, 3.05) is 37.9 Å². The van der Waals surface area contributed by atoms with Crippen LogP contribution in [0.15, 0.2) is 12.7 Å². The summed E-state index contributed by atoms with van der Waals surface area (Å²) in [6.07, 6.45) is 2.90. The lowest BCUT2D eigenvalue weighted by molar-refractivity contribution is 0.0615. The van der Waals surface area contributed by atoms with E-state index < -0.39 is 6.10 Å². The summed E-state index contributed by atoms with van der Waals surface area (Å²) >= 11 is 0. The molecule has 0 amide bonds. The molecule has 0 fully saturated rings. The molecular weight excluding hydrogens is 276 g/mol. The van der Waals surface area contributed by atoms with Crippen molar-refractivity contribution in [3.05, 3.63) is 12.7 Å². The largest absolute Gasteiger partial charge is 0.391 e. The van der Waals surface area contributed by atoms with Crippen LogP contribution in [0.3, 0.4) is 0 Å². The molecule has 0 saturated carbocycles. The van der Waals surface area contributed by atoms with Crippen molar-refractivity contribution in [1.29, 1.82) is 0 Å². The normalized spacial score (nSPS) is 12.1. The minimum atomic E-state index is -0.525. The van der Waals surface area contributed by atoms with E-state index in [4.69, 9.17) is 4.74 Å². The number of aromatic nitrogens is 6. The van der Waals surface area contributed by atoms with Crippen LogP contribution in [-0.2, 0) is 4.74 Å². The number of aliphatic hydroxyl groups is 1. The maximum atomic E-state index is 9.58. The lowest BCUT2D eigenvalue weighted by Crippen LogP contribution is -2.19. The van der Waals surface area contributed by atoms with E-state index in [9.17, 15) is 5.11 Å². The molecule has 1 unspecified atom stereocenters. The molecule has 2 aromatic heterocycles. The van der Waals surface area contributed by atoms with Gasteiger partial charge in [-0.25, -0.2) is 4.98 Å². The number of ether oxygens (including phenoxy) is 1. The number of aliphatic hydroxyl groups excluding tert-OH is 1. The fourth-order valence-corrected chi connectivity index (χ4v) is 1.60. The number of hydrogen-bond donors (Lipinski definition) is 3. The molecule has 0 aliphatic heterocycles. The molecule has 2 aromatic rings. The predicted octanol–water partition coefficient (Wildman–Crippen LogP) is -0.697. The van der Waals surface area contributed by atoms with Crippen LogP contribution < -0.4 is 10.6 Å². The average Bonchev–Trinajstić information content (AvgIpc) is 3.01. The molecule has 114 valence electrons. The van der Waals surface area contributed by atoms with Gasteiger partial charge in [-0.05, 0) is 6.42 Å². The predicted molar refractivity (Wildman–Crippen MR) is 75.3 cm³/mol. The van der Waals surface area contributed by atoms with Gasteiger partial charge in [-0.2, -0.15) is 24.7 Å². The van der Waals surface area contributed by atoms with Crippen LogP contribution in [0.5, 0.6) is 0 Å². The van der Waals surface area contributed by atoms with Crippen molar-refractivity contribution in [3.8, 4) is 5.95 Å². The molecule has 0 bridgehead atoms. The maximum Gasteiger partial charge on any atom is 0.258 e. The first-order valence-electron chi connectivity index (χ1n) is 6.42. The van der Waals surface area contributed by atoms with E-state index in [0.717, 1.165) is 0 Å². The van der Waals surface area contributed by atoms with Crippen LogP contribution in [0.1, 0.15) is 6.42 Å². The summed E-state index contributed by atoms with van der Waals surface area (Å²) in [5.74, 6) is 1.16. The molecule has 1 atom stereocenters. The number of rotatable bonds is 8. The van der Waals surface area contributed by atoms with Crippen LogP contribution in [0.25, 0.3) is 5.95 Å². The van der Waals surface area contributed by atoms with E-state index in [1.54, 1.807) is 14.2 Å². The highest BCUT2D eigenvalue weighted by molar-refractivity contribution is 5.37. The fraction of sp³-hybridized carbons (Fsp3) is 0.545. The third-order valence-corrected chi connectivity index (χ3v) is 2.59. The van der Waals surface area contributed by atoms with E-state index in [0.29, 0.717) is 37.4 Å². The van der Waals surface area contributed by atoms with Crippen molar-refractivity contribution < 1.29 is 9.84 Å². The van der Waals surface area contributed by atoms with E-state index in [-0.39, 0.29) is 0 Å². The summed E-state index contributed by atoms with van der Waals surface area (Å²) in [4.78, 5) is 16.5. The molecule has 0 aliphatic rings. The molecule has 0 spiro atoms. The number of methoxy groups -OCH3 is 1. The number of nitrogens with one attached hydrogen (secondary N) is 2. The molecule has 0 radical (unpaired) electrons. The van der Waals surface area contributed by atoms with Gasteiger partial charge in [0, 0.05) is 20.7 Å². The molecular formula is C11H18N8O2. The van der Waals surface area contributed by atoms with Gasteiger partial charge in [0.1, 0.15) is 12.7 Å². The Hall–Kier alpha value is -2.33. The second-order valence-electron chi connectivity index (χ2n) is 4.20. The number of nitrogens with zero attached hydrogens (tertiary/aromatic N) is 6. The number of anilines is 2. The summed E-state index contributed by atoms with van der Waals surface area (Å²) in [5, 5.41) is 19.4. The van der Waals surface area contributed by atoms with Gasteiger partial charge >= 0.3 is 0 Å². The lowest BCUT2D eigenvalue weighted by atomic mass is 10.3. The van der Waals surface area contributed by atoms with Crippen molar-refractivity contribution in [2.45, 2.75) is 12.5 Å². The quantitative estimate of drug-likeness (QED) is 0.580. The molecule has 0 aromatic carbocycles. The Kier molecular flexibility index (Phi) is 5.35. The van der Waals surface area contributed by atoms with Crippen LogP contribution in [0.4, 0.5) is 11.9 Å². The van der Waals surface area contributed by atoms with E-state index >= 15 is 0 Å². The molecule has 0 aliphatic carbocycles. The Balaban J connectivity index is 2.03. The first kappa shape index (κ1) is 15.1. The zero-order chi connectivity index (χ0) is 15.1. The third kappa shape index (κ3) is 4.33. The summed E-state index contributed by atoms with van der Waals surface area (Å²) in [7, 11) is 3.26.